The van der Waals surface area contributed by atoms with Crippen LogP contribution in [0, 0.1) is 6.92 Å². The molecule has 1 aliphatic heterocycles. The number of alkyl halides is 1. The minimum absolute atomic E-state index is 0.0213. The minimum Gasteiger partial charge on any atom is -0.336 e. The zero-order valence-corrected chi connectivity index (χ0v) is 8.79. The van der Waals surface area contributed by atoms with E-state index >= 15 is 0 Å². The fourth-order valence-corrected chi connectivity index (χ4v) is 2.07. The molecule has 0 aliphatic carbocycles. The smallest absolute Gasteiger partial charge is 0.254 e. The lowest BCUT2D eigenvalue weighted by Gasteiger charge is -2.28. The highest BCUT2D eigenvalue weighted by Gasteiger charge is 2.24. The first kappa shape index (κ1) is 10.1. The highest BCUT2D eigenvalue weighted by Crippen LogP contribution is 2.21. The third-order valence-corrected chi connectivity index (χ3v) is 2.87. The van der Waals surface area contributed by atoms with Gasteiger partial charge in [0.05, 0.1) is 0 Å². The van der Waals surface area contributed by atoms with Crippen molar-refractivity contribution in [2.75, 3.05) is 19.8 Å². The Labute approximate surface area is 88.7 Å². The summed E-state index contributed by atoms with van der Waals surface area (Å²) in [6.07, 6.45) is 0.836. The van der Waals surface area contributed by atoms with Crippen LogP contribution in [0.2, 0.25) is 0 Å². The zero-order valence-electron chi connectivity index (χ0n) is 8.79. The Hall–Kier alpha value is -1.38. The Bertz CT molecular complexity index is 389. The molecule has 1 aromatic rings. The van der Waals surface area contributed by atoms with Gasteiger partial charge in [0.25, 0.3) is 5.91 Å². The Kier molecular flexibility index (Phi) is 2.71. The first-order valence-corrected chi connectivity index (χ1v) is 5.18. The molecule has 15 heavy (non-hydrogen) atoms. The predicted octanol–water partition coefficient (Wildman–Crippen LogP) is 1.96. The molecule has 0 N–H and O–H groups in total. The third-order valence-electron chi connectivity index (χ3n) is 2.87. The largest absolute Gasteiger partial charge is 0.336 e. The quantitative estimate of drug-likeness (QED) is 0.726. The summed E-state index contributed by atoms with van der Waals surface area (Å²) in [5.41, 5.74) is 2.85. The van der Waals surface area contributed by atoms with Crippen molar-refractivity contribution in [1.82, 2.24) is 4.90 Å². The normalized spacial score (nSPS) is 15.3. The fraction of sp³-hybridized carbons (Fsp3) is 0.417. The van der Waals surface area contributed by atoms with Crippen LogP contribution >= 0.6 is 0 Å². The van der Waals surface area contributed by atoms with E-state index in [4.69, 9.17) is 0 Å². The van der Waals surface area contributed by atoms with Crippen LogP contribution in [0.3, 0.4) is 0 Å². The maximum atomic E-state index is 12.2. The van der Waals surface area contributed by atoms with Crippen LogP contribution < -0.4 is 0 Å². The second-order valence-corrected chi connectivity index (χ2v) is 3.84. The molecule has 2 rings (SSSR count). The zero-order chi connectivity index (χ0) is 10.8. The van der Waals surface area contributed by atoms with Gasteiger partial charge in [-0.15, -0.1) is 0 Å². The molecule has 3 heteroatoms. The number of nitrogens with zero attached hydrogens (tertiary/aromatic N) is 1. The summed E-state index contributed by atoms with van der Waals surface area (Å²) in [4.78, 5) is 13.6. The third kappa shape index (κ3) is 1.74. The second-order valence-electron chi connectivity index (χ2n) is 3.84. The number of hydrogen-bond acceptors (Lipinski definition) is 1. The lowest BCUT2D eigenvalue weighted by atomic mass is 9.95. The van der Waals surface area contributed by atoms with Crippen molar-refractivity contribution < 1.29 is 9.18 Å². The lowest BCUT2D eigenvalue weighted by molar-refractivity contribution is 0.0728. The van der Waals surface area contributed by atoms with Gasteiger partial charge in [0.2, 0.25) is 0 Å². The Morgan fingerprint density at radius 2 is 2.27 bits per heavy atom. The van der Waals surface area contributed by atoms with E-state index in [-0.39, 0.29) is 12.5 Å². The molecule has 0 saturated carbocycles. The second kappa shape index (κ2) is 4.01. The molecule has 0 atom stereocenters. The maximum Gasteiger partial charge on any atom is 0.254 e. The van der Waals surface area contributed by atoms with Gasteiger partial charge < -0.3 is 4.90 Å². The van der Waals surface area contributed by atoms with Gasteiger partial charge in [0.15, 0.2) is 0 Å². The van der Waals surface area contributed by atoms with Gasteiger partial charge in [-0.25, -0.2) is 4.39 Å². The molecule has 0 bridgehead atoms. The van der Waals surface area contributed by atoms with Crippen LogP contribution in [-0.4, -0.2) is 30.6 Å². The van der Waals surface area contributed by atoms with Gasteiger partial charge in [-0.05, 0) is 24.5 Å². The van der Waals surface area contributed by atoms with Crippen LogP contribution in [-0.2, 0) is 6.42 Å². The average Bonchev–Trinajstić information content (AvgIpc) is 2.22. The number of amides is 1. The van der Waals surface area contributed by atoms with Gasteiger partial charge in [-0.1, -0.05) is 18.2 Å². The van der Waals surface area contributed by atoms with E-state index in [0.717, 1.165) is 23.1 Å². The maximum absolute atomic E-state index is 12.2. The molecular formula is C12H14FNO. The van der Waals surface area contributed by atoms with Crippen molar-refractivity contribution in [3.8, 4) is 0 Å². The fourth-order valence-electron chi connectivity index (χ4n) is 2.07. The van der Waals surface area contributed by atoms with Gasteiger partial charge >= 0.3 is 0 Å². The number of fused-ring (bicyclic) bond motifs is 1. The summed E-state index contributed by atoms with van der Waals surface area (Å²) in [6.45, 7) is 2.31. The van der Waals surface area contributed by atoms with Gasteiger partial charge in [-0.3, -0.25) is 4.79 Å². The lowest BCUT2D eigenvalue weighted by Crippen LogP contribution is -2.39. The first-order valence-electron chi connectivity index (χ1n) is 5.18. The summed E-state index contributed by atoms with van der Waals surface area (Å²) in [5, 5.41) is 0. The number of carbonyl (C=O) groups excluding carboxylic acids is 1. The average molecular weight is 207 g/mol. The molecular weight excluding hydrogens is 193 g/mol. The van der Waals surface area contributed by atoms with E-state index in [1.807, 2.05) is 25.1 Å². The molecule has 0 saturated heterocycles. The first-order chi connectivity index (χ1) is 7.24. The van der Waals surface area contributed by atoms with Crippen LogP contribution in [0.1, 0.15) is 21.5 Å². The Balaban J connectivity index is 2.36. The topological polar surface area (TPSA) is 20.3 Å². The molecule has 1 heterocycles. The van der Waals surface area contributed by atoms with E-state index in [1.165, 1.54) is 0 Å². The number of rotatable bonds is 2. The summed E-state index contributed by atoms with van der Waals surface area (Å²) in [6, 6.07) is 5.87. The van der Waals surface area contributed by atoms with Crippen LogP contribution in [0.15, 0.2) is 18.2 Å². The monoisotopic (exact) mass is 207 g/mol. The molecule has 1 amide bonds. The number of hydrogen-bond donors (Lipinski definition) is 0. The van der Waals surface area contributed by atoms with E-state index in [1.54, 1.807) is 4.90 Å². The Morgan fingerprint density at radius 3 is 3.00 bits per heavy atom. The van der Waals surface area contributed by atoms with Crippen LogP contribution in [0.25, 0.3) is 0 Å². The van der Waals surface area contributed by atoms with E-state index in [9.17, 15) is 9.18 Å². The molecule has 2 nitrogen and oxygen atoms in total. The number of halogens is 1. The molecule has 0 aromatic heterocycles. The number of carbonyl (C=O) groups is 1. The number of aryl methyl sites for hydroxylation is 1. The summed E-state index contributed by atoms with van der Waals surface area (Å²) in [7, 11) is 0. The van der Waals surface area contributed by atoms with E-state index in [2.05, 4.69) is 0 Å². The standard InChI is InChI=1S/C12H14FNO/c1-9-3-2-4-10-5-7-14(8-6-13)12(15)11(9)10/h2-4H,5-8H2,1H3. The minimum atomic E-state index is -0.465. The van der Waals surface area contributed by atoms with Crippen molar-refractivity contribution in [3.05, 3.63) is 34.9 Å². The van der Waals surface area contributed by atoms with Gasteiger partial charge in [0, 0.05) is 18.7 Å². The van der Waals surface area contributed by atoms with Crippen molar-refractivity contribution in [2.24, 2.45) is 0 Å². The number of benzene rings is 1. The predicted molar refractivity (Wildman–Crippen MR) is 56.8 cm³/mol. The van der Waals surface area contributed by atoms with Crippen LogP contribution in [0.5, 0.6) is 0 Å². The molecule has 80 valence electrons. The molecule has 0 fully saturated rings. The van der Waals surface area contributed by atoms with Gasteiger partial charge in [-0.2, -0.15) is 0 Å². The molecule has 1 aliphatic rings. The van der Waals surface area contributed by atoms with Crippen molar-refractivity contribution in [3.63, 3.8) is 0 Å². The highest BCUT2D eigenvalue weighted by atomic mass is 19.1. The summed E-state index contributed by atoms with van der Waals surface area (Å²) >= 11 is 0. The van der Waals surface area contributed by atoms with E-state index in [0.29, 0.717) is 6.54 Å². The summed E-state index contributed by atoms with van der Waals surface area (Å²) < 4.78 is 12.2. The molecule has 1 aromatic carbocycles. The van der Waals surface area contributed by atoms with Gasteiger partial charge in [0.1, 0.15) is 6.67 Å². The van der Waals surface area contributed by atoms with Crippen molar-refractivity contribution in [2.45, 2.75) is 13.3 Å². The molecule has 0 unspecified atom stereocenters. The van der Waals surface area contributed by atoms with Crippen LogP contribution in [0.4, 0.5) is 4.39 Å². The SMILES string of the molecule is Cc1cccc2c1C(=O)N(CCF)CC2. The summed E-state index contributed by atoms with van der Waals surface area (Å²) in [5.74, 6) is -0.0213. The molecule has 0 spiro atoms. The Morgan fingerprint density at radius 1 is 1.47 bits per heavy atom. The highest BCUT2D eigenvalue weighted by molar-refractivity contribution is 5.98. The van der Waals surface area contributed by atoms with Crippen molar-refractivity contribution >= 4 is 5.91 Å². The molecule has 0 radical (unpaired) electrons. The van der Waals surface area contributed by atoms with E-state index < -0.39 is 6.67 Å². The van der Waals surface area contributed by atoms with Crippen molar-refractivity contribution in [1.29, 1.82) is 0 Å².